The van der Waals surface area contributed by atoms with Crippen molar-refractivity contribution in [3.63, 3.8) is 0 Å². The smallest absolute Gasteiger partial charge is 0.437 e. The lowest BCUT2D eigenvalue weighted by atomic mass is 10.1. The van der Waals surface area contributed by atoms with Gasteiger partial charge in [-0.15, -0.1) is 5.10 Å². The average molecular weight is 341 g/mol. The maximum Gasteiger partial charge on any atom is 0.437 e. The highest BCUT2D eigenvalue weighted by Crippen LogP contribution is 2.15. The highest BCUT2D eigenvalue weighted by Gasteiger charge is 2.15. The Morgan fingerprint density at radius 3 is 2.72 bits per heavy atom. The summed E-state index contributed by atoms with van der Waals surface area (Å²) in [6.45, 7) is 1.92. The number of amides is 1. The number of nitrogens with zero attached hydrogens (tertiary/aromatic N) is 2. The lowest BCUT2D eigenvalue weighted by Crippen LogP contribution is -2.25. The molecule has 0 atom stereocenters. The number of aromatic nitrogens is 2. The average Bonchev–Trinajstić information content (AvgIpc) is 3.25. The largest absolute Gasteiger partial charge is 0.459 e. The molecule has 0 saturated carbocycles. The summed E-state index contributed by atoms with van der Waals surface area (Å²) < 4.78 is 11.1. The minimum atomic E-state index is -0.712. The molecule has 0 aliphatic carbocycles. The van der Waals surface area contributed by atoms with E-state index in [-0.39, 0.29) is 18.3 Å². The van der Waals surface area contributed by atoms with Crippen molar-refractivity contribution in [2.24, 2.45) is 0 Å². The lowest BCUT2D eigenvalue weighted by molar-refractivity contribution is -0.117. The first-order valence-corrected chi connectivity index (χ1v) is 8.16. The van der Waals surface area contributed by atoms with Gasteiger partial charge < -0.3 is 14.2 Å². The summed E-state index contributed by atoms with van der Waals surface area (Å²) in [5.74, 6) is -0.693. The molecule has 0 radical (unpaired) electrons. The first-order chi connectivity index (χ1) is 12.2. The van der Waals surface area contributed by atoms with Gasteiger partial charge in [0.1, 0.15) is 6.54 Å². The van der Waals surface area contributed by atoms with E-state index in [4.69, 9.17) is 8.83 Å². The van der Waals surface area contributed by atoms with Crippen LogP contribution in [0.4, 0.5) is 5.69 Å². The number of nitrogens with one attached hydrogen (secondary N) is 1. The Morgan fingerprint density at radius 2 is 2.04 bits per heavy atom. The zero-order valence-electron chi connectivity index (χ0n) is 13.9. The molecule has 0 spiro atoms. The number of carbonyl (C=O) groups excluding carboxylic acids is 1. The van der Waals surface area contributed by atoms with Crippen molar-refractivity contribution in [2.45, 2.75) is 32.7 Å². The Bertz CT molecular complexity index is 876. The molecule has 1 aromatic carbocycles. The number of furan rings is 1. The van der Waals surface area contributed by atoms with Gasteiger partial charge in [-0.2, -0.15) is 4.68 Å². The fraction of sp³-hybridized carbons (Fsp3) is 0.278. The van der Waals surface area contributed by atoms with Crippen LogP contribution in [0.5, 0.6) is 0 Å². The summed E-state index contributed by atoms with van der Waals surface area (Å²) >= 11 is 0. The summed E-state index contributed by atoms with van der Waals surface area (Å²) in [5.41, 5.74) is 1.91. The predicted molar refractivity (Wildman–Crippen MR) is 92.1 cm³/mol. The summed E-state index contributed by atoms with van der Waals surface area (Å²) in [6.07, 6.45) is 4.75. The zero-order chi connectivity index (χ0) is 17.6. The number of aryl methyl sites for hydroxylation is 1. The van der Waals surface area contributed by atoms with Crippen molar-refractivity contribution >= 4 is 11.6 Å². The second-order valence-corrected chi connectivity index (χ2v) is 5.66. The quantitative estimate of drug-likeness (QED) is 0.713. The molecular formula is C18H19N3O4. The molecule has 3 aromatic rings. The number of hydrogen-bond donors (Lipinski definition) is 1. The molecule has 7 nitrogen and oxygen atoms in total. The topological polar surface area (TPSA) is 90.3 Å². The highest BCUT2D eigenvalue weighted by atomic mass is 16.4. The van der Waals surface area contributed by atoms with Crippen LogP contribution < -0.4 is 11.1 Å². The van der Waals surface area contributed by atoms with E-state index in [1.165, 1.54) is 11.8 Å². The van der Waals surface area contributed by atoms with E-state index in [1.54, 1.807) is 12.1 Å². The highest BCUT2D eigenvalue weighted by molar-refractivity contribution is 5.90. The first-order valence-electron chi connectivity index (χ1n) is 8.16. The van der Waals surface area contributed by atoms with E-state index in [0.717, 1.165) is 23.9 Å². The van der Waals surface area contributed by atoms with E-state index in [1.807, 2.05) is 24.3 Å². The zero-order valence-corrected chi connectivity index (χ0v) is 13.9. The van der Waals surface area contributed by atoms with Gasteiger partial charge in [-0.25, -0.2) is 4.79 Å². The van der Waals surface area contributed by atoms with E-state index in [2.05, 4.69) is 17.3 Å². The summed E-state index contributed by atoms with van der Waals surface area (Å²) in [6, 6.07) is 11.0. The SMILES string of the molecule is CCCCc1ccc(NC(=O)Cn2nc(-c3ccco3)oc2=O)cc1. The Morgan fingerprint density at radius 1 is 1.24 bits per heavy atom. The van der Waals surface area contributed by atoms with Crippen LogP contribution in [0.2, 0.25) is 0 Å². The van der Waals surface area contributed by atoms with Crippen LogP contribution in [-0.2, 0) is 17.8 Å². The Labute approximate surface area is 144 Å². The summed E-state index contributed by atoms with van der Waals surface area (Å²) in [7, 11) is 0. The van der Waals surface area contributed by atoms with Crippen LogP contribution in [0, 0.1) is 0 Å². The Kier molecular flexibility index (Phi) is 5.13. The van der Waals surface area contributed by atoms with Crippen molar-refractivity contribution in [3.05, 3.63) is 58.8 Å². The van der Waals surface area contributed by atoms with Gasteiger partial charge in [0.15, 0.2) is 5.76 Å². The third kappa shape index (κ3) is 4.26. The van der Waals surface area contributed by atoms with Gasteiger partial charge in [-0.3, -0.25) is 4.79 Å². The number of anilines is 1. The molecule has 1 N–H and O–H groups in total. The lowest BCUT2D eigenvalue weighted by Gasteiger charge is -2.06. The van der Waals surface area contributed by atoms with E-state index in [9.17, 15) is 9.59 Å². The number of rotatable bonds is 7. The molecule has 2 heterocycles. The van der Waals surface area contributed by atoms with Crippen molar-refractivity contribution in [2.75, 3.05) is 5.32 Å². The molecule has 0 aliphatic rings. The maximum absolute atomic E-state index is 12.1. The van der Waals surface area contributed by atoms with Crippen LogP contribution in [0.25, 0.3) is 11.7 Å². The second-order valence-electron chi connectivity index (χ2n) is 5.66. The molecule has 0 aliphatic heterocycles. The molecular weight excluding hydrogens is 322 g/mol. The van der Waals surface area contributed by atoms with Crippen LogP contribution >= 0.6 is 0 Å². The van der Waals surface area contributed by atoms with Crippen molar-refractivity contribution in [1.29, 1.82) is 0 Å². The molecule has 7 heteroatoms. The monoisotopic (exact) mass is 341 g/mol. The maximum atomic E-state index is 12.1. The molecule has 0 fully saturated rings. The second kappa shape index (κ2) is 7.65. The van der Waals surface area contributed by atoms with E-state index < -0.39 is 5.76 Å². The standard InChI is InChI=1S/C18H19N3O4/c1-2-3-5-13-7-9-14(10-8-13)19-16(22)12-21-18(23)25-17(20-21)15-6-4-11-24-15/h4,6-11H,2-3,5,12H2,1H3,(H,19,22). The molecule has 3 rings (SSSR count). The molecule has 0 unspecified atom stereocenters. The summed E-state index contributed by atoms with van der Waals surface area (Å²) in [4.78, 5) is 23.9. The number of hydrogen-bond acceptors (Lipinski definition) is 5. The number of unbranched alkanes of at least 4 members (excludes halogenated alkanes) is 1. The third-order valence-corrected chi connectivity index (χ3v) is 3.69. The van der Waals surface area contributed by atoms with Gasteiger partial charge >= 0.3 is 5.76 Å². The van der Waals surface area contributed by atoms with Crippen molar-refractivity contribution < 1.29 is 13.6 Å². The van der Waals surface area contributed by atoms with Crippen molar-refractivity contribution in [3.8, 4) is 11.7 Å². The van der Waals surface area contributed by atoms with Crippen LogP contribution in [0.1, 0.15) is 25.3 Å². The molecule has 130 valence electrons. The third-order valence-electron chi connectivity index (χ3n) is 3.69. The fourth-order valence-electron chi connectivity index (χ4n) is 2.38. The molecule has 1 amide bonds. The van der Waals surface area contributed by atoms with Gasteiger partial charge in [-0.05, 0) is 42.7 Å². The van der Waals surface area contributed by atoms with Gasteiger partial charge in [0.2, 0.25) is 5.91 Å². The van der Waals surface area contributed by atoms with Crippen LogP contribution in [0.3, 0.4) is 0 Å². The van der Waals surface area contributed by atoms with Gasteiger partial charge in [-0.1, -0.05) is 25.5 Å². The van der Waals surface area contributed by atoms with Crippen LogP contribution in [-0.4, -0.2) is 15.7 Å². The predicted octanol–water partition coefficient (Wildman–Crippen LogP) is 3.08. The van der Waals surface area contributed by atoms with E-state index in [0.29, 0.717) is 11.4 Å². The van der Waals surface area contributed by atoms with Crippen LogP contribution in [0.15, 0.2) is 56.3 Å². The minimum absolute atomic E-state index is 0.0445. The Hall–Kier alpha value is -3.09. The number of carbonyl (C=O) groups is 1. The normalized spacial score (nSPS) is 10.8. The molecule has 25 heavy (non-hydrogen) atoms. The summed E-state index contributed by atoms with van der Waals surface area (Å²) in [5, 5.41) is 6.71. The molecule has 0 saturated heterocycles. The Balaban J connectivity index is 1.62. The minimum Gasteiger partial charge on any atom is -0.459 e. The first kappa shape index (κ1) is 16.8. The van der Waals surface area contributed by atoms with Gasteiger partial charge in [0.25, 0.3) is 5.89 Å². The molecule has 0 bridgehead atoms. The van der Waals surface area contributed by atoms with Crippen molar-refractivity contribution in [1.82, 2.24) is 9.78 Å². The van der Waals surface area contributed by atoms with Gasteiger partial charge in [0, 0.05) is 5.69 Å². The fourth-order valence-corrected chi connectivity index (χ4v) is 2.38. The molecule has 2 aromatic heterocycles. The number of benzene rings is 1. The van der Waals surface area contributed by atoms with E-state index >= 15 is 0 Å². The van der Waals surface area contributed by atoms with Gasteiger partial charge in [0.05, 0.1) is 6.26 Å².